The predicted molar refractivity (Wildman–Crippen MR) is 125 cm³/mol. The zero-order valence-corrected chi connectivity index (χ0v) is 18.6. The number of rotatable bonds is 7. The maximum atomic E-state index is 4.95. The number of hydrogen-bond donors (Lipinski definition) is 0. The molecular formula is C25H32N4S. The Kier molecular flexibility index (Phi) is 6.40. The molecule has 1 aliphatic carbocycles. The highest BCUT2D eigenvalue weighted by atomic mass is 32.1. The number of thiazole rings is 1. The largest absolute Gasteiger partial charge is 0.303 e. The summed E-state index contributed by atoms with van der Waals surface area (Å²) in [5.41, 5.74) is 3.88. The van der Waals surface area contributed by atoms with Gasteiger partial charge in [0, 0.05) is 12.7 Å². The minimum absolute atomic E-state index is 0.420. The summed E-state index contributed by atoms with van der Waals surface area (Å²) in [5, 5.41) is 1.23. The molecule has 5 rings (SSSR count). The van der Waals surface area contributed by atoms with E-state index in [0.717, 1.165) is 18.6 Å². The van der Waals surface area contributed by atoms with E-state index >= 15 is 0 Å². The molecule has 1 saturated heterocycles. The number of piperidine rings is 1. The van der Waals surface area contributed by atoms with Crippen LogP contribution in [0.15, 0.2) is 42.6 Å². The average molecular weight is 421 g/mol. The van der Waals surface area contributed by atoms with Crippen LogP contribution in [0.25, 0.3) is 10.2 Å². The second-order valence-corrected chi connectivity index (χ2v) is 9.87. The first-order valence-electron chi connectivity index (χ1n) is 11.6. The van der Waals surface area contributed by atoms with Crippen molar-refractivity contribution in [2.75, 3.05) is 26.2 Å². The molecule has 0 radical (unpaired) electrons. The maximum Gasteiger partial charge on any atom is 0.108 e. The minimum Gasteiger partial charge on any atom is -0.303 e. The van der Waals surface area contributed by atoms with Crippen molar-refractivity contribution in [2.45, 2.75) is 57.5 Å². The summed E-state index contributed by atoms with van der Waals surface area (Å²) >= 11 is 1.85. The third-order valence-corrected chi connectivity index (χ3v) is 7.67. The molecule has 0 saturated carbocycles. The SMILES string of the molecule is c1cnc2c(c1)CCC[C@@H]2N(CCCN1CCCCC1)Cc1nc2ccccc2s1. The summed E-state index contributed by atoms with van der Waals surface area (Å²) in [7, 11) is 0. The smallest absolute Gasteiger partial charge is 0.108 e. The number of hydrogen-bond acceptors (Lipinski definition) is 5. The summed E-state index contributed by atoms with van der Waals surface area (Å²) in [6.45, 7) is 5.84. The van der Waals surface area contributed by atoms with Crippen molar-refractivity contribution in [1.29, 1.82) is 0 Å². The van der Waals surface area contributed by atoms with Crippen LogP contribution in [0.2, 0.25) is 0 Å². The van der Waals surface area contributed by atoms with Gasteiger partial charge in [-0.15, -0.1) is 11.3 Å². The van der Waals surface area contributed by atoms with E-state index in [1.807, 2.05) is 17.5 Å². The lowest BCUT2D eigenvalue weighted by atomic mass is 9.90. The molecule has 1 atom stereocenters. The minimum atomic E-state index is 0.420. The van der Waals surface area contributed by atoms with Crippen molar-refractivity contribution in [3.8, 4) is 0 Å². The molecule has 30 heavy (non-hydrogen) atoms. The van der Waals surface area contributed by atoms with Gasteiger partial charge in [0.25, 0.3) is 0 Å². The Morgan fingerprint density at radius 1 is 1.03 bits per heavy atom. The van der Waals surface area contributed by atoms with Crippen molar-refractivity contribution in [2.24, 2.45) is 0 Å². The normalized spacial score (nSPS) is 20.0. The first-order valence-corrected chi connectivity index (χ1v) is 12.4. The molecule has 3 heterocycles. The van der Waals surface area contributed by atoms with Crippen molar-refractivity contribution in [1.82, 2.24) is 19.8 Å². The van der Waals surface area contributed by atoms with Gasteiger partial charge in [0.2, 0.25) is 0 Å². The van der Waals surface area contributed by atoms with Gasteiger partial charge in [-0.05, 0) is 81.9 Å². The Labute approximate surface area is 184 Å². The van der Waals surface area contributed by atoms with Gasteiger partial charge in [-0.1, -0.05) is 24.6 Å². The number of para-hydroxylation sites is 1. The monoisotopic (exact) mass is 420 g/mol. The zero-order valence-electron chi connectivity index (χ0n) is 17.8. The van der Waals surface area contributed by atoms with E-state index in [2.05, 4.69) is 46.2 Å². The molecule has 4 nitrogen and oxygen atoms in total. The van der Waals surface area contributed by atoms with Crippen LogP contribution in [0.5, 0.6) is 0 Å². The molecule has 0 amide bonds. The second kappa shape index (κ2) is 9.54. The summed E-state index contributed by atoms with van der Waals surface area (Å²) in [6, 6.07) is 13.3. The molecule has 0 spiro atoms. The van der Waals surface area contributed by atoms with Crippen molar-refractivity contribution in [3.05, 3.63) is 58.9 Å². The lowest BCUT2D eigenvalue weighted by molar-refractivity contribution is 0.148. The predicted octanol–water partition coefficient (Wildman–Crippen LogP) is 5.45. The van der Waals surface area contributed by atoms with Crippen LogP contribution < -0.4 is 0 Å². The number of likely N-dealkylation sites (tertiary alicyclic amines) is 1. The number of aryl methyl sites for hydroxylation is 1. The topological polar surface area (TPSA) is 32.3 Å². The first-order chi connectivity index (χ1) is 14.9. The van der Waals surface area contributed by atoms with Crippen molar-refractivity contribution < 1.29 is 0 Å². The van der Waals surface area contributed by atoms with Gasteiger partial charge in [0.05, 0.1) is 28.5 Å². The number of fused-ring (bicyclic) bond motifs is 2. The number of aromatic nitrogens is 2. The van der Waals surface area contributed by atoms with E-state index in [9.17, 15) is 0 Å². The van der Waals surface area contributed by atoms with E-state index in [0.29, 0.717) is 6.04 Å². The summed E-state index contributed by atoms with van der Waals surface area (Å²) in [5.74, 6) is 0. The van der Waals surface area contributed by atoms with E-state index in [1.165, 1.54) is 85.5 Å². The first kappa shape index (κ1) is 20.1. The Morgan fingerprint density at radius 2 is 1.93 bits per heavy atom. The molecule has 0 N–H and O–H groups in total. The highest BCUT2D eigenvalue weighted by Gasteiger charge is 2.28. The third kappa shape index (κ3) is 4.58. The zero-order chi connectivity index (χ0) is 20.2. The molecule has 1 fully saturated rings. The molecule has 5 heteroatoms. The maximum absolute atomic E-state index is 4.95. The summed E-state index contributed by atoms with van der Waals surface area (Å²) < 4.78 is 1.29. The van der Waals surface area contributed by atoms with E-state index in [4.69, 9.17) is 9.97 Å². The molecule has 158 valence electrons. The average Bonchev–Trinajstić information content (AvgIpc) is 3.21. The second-order valence-electron chi connectivity index (χ2n) is 8.76. The third-order valence-electron chi connectivity index (χ3n) is 6.65. The van der Waals surface area contributed by atoms with Crippen LogP contribution in [0, 0.1) is 0 Å². The van der Waals surface area contributed by atoms with Gasteiger partial charge >= 0.3 is 0 Å². The van der Waals surface area contributed by atoms with Gasteiger partial charge in [-0.25, -0.2) is 4.98 Å². The molecule has 0 unspecified atom stereocenters. The molecule has 1 aliphatic heterocycles. The Morgan fingerprint density at radius 3 is 2.83 bits per heavy atom. The lowest BCUT2D eigenvalue weighted by Crippen LogP contribution is -2.36. The van der Waals surface area contributed by atoms with Gasteiger partial charge in [0.15, 0.2) is 0 Å². The molecule has 3 aromatic rings. The Hall–Kier alpha value is -1.82. The Balaban J connectivity index is 1.34. The standard InChI is InChI=1S/C25H32N4S/c1-4-15-28(16-5-1)17-8-18-29(19-24-27-21-11-2-3-13-23(21)30-24)22-12-6-9-20-10-7-14-26-25(20)22/h2-3,7,10-11,13-14,22H,1,4-6,8-9,12,15-19H2/t22-/m0/s1. The van der Waals surface area contributed by atoms with Crippen LogP contribution in [0.3, 0.4) is 0 Å². The fourth-order valence-corrected chi connectivity index (χ4v) is 6.12. The van der Waals surface area contributed by atoms with Gasteiger partial charge in [-0.3, -0.25) is 9.88 Å². The van der Waals surface area contributed by atoms with E-state index < -0.39 is 0 Å². The van der Waals surface area contributed by atoms with Gasteiger partial charge in [-0.2, -0.15) is 0 Å². The van der Waals surface area contributed by atoms with E-state index in [-0.39, 0.29) is 0 Å². The van der Waals surface area contributed by atoms with Crippen LogP contribution in [0.4, 0.5) is 0 Å². The fourth-order valence-electron chi connectivity index (χ4n) is 5.13. The lowest BCUT2D eigenvalue weighted by Gasteiger charge is -2.35. The van der Waals surface area contributed by atoms with Crippen LogP contribution >= 0.6 is 11.3 Å². The van der Waals surface area contributed by atoms with Gasteiger partial charge < -0.3 is 4.90 Å². The van der Waals surface area contributed by atoms with Crippen LogP contribution in [0.1, 0.15) is 60.8 Å². The highest BCUT2D eigenvalue weighted by molar-refractivity contribution is 7.18. The molecule has 1 aromatic carbocycles. The summed E-state index contributed by atoms with van der Waals surface area (Å²) in [6.07, 6.45) is 11.0. The van der Waals surface area contributed by atoms with Crippen LogP contribution in [-0.4, -0.2) is 45.9 Å². The molecular weight excluding hydrogens is 388 g/mol. The van der Waals surface area contributed by atoms with E-state index in [1.54, 1.807) is 0 Å². The Bertz CT molecular complexity index is 929. The number of nitrogens with zero attached hydrogens (tertiary/aromatic N) is 4. The highest BCUT2D eigenvalue weighted by Crippen LogP contribution is 2.34. The molecule has 2 aliphatic rings. The van der Waals surface area contributed by atoms with Crippen molar-refractivity contribution >= 4 is 21.6 Å². The molecule has 0 bridgehead atoms. The number of benzene rings is 1. The van der Waals surface area contributed by atoms with Crippen molar-refractivity contribution in [3.63, 3.8) is 0 Å². The van der Waals surface area contributed by atoms with Crippen LogP contribution in [-0.2, 0) is 13.0 Å². The fraction of sp³-hybridized carbons (Fsp3) is 0.520. The molecule has 2 aromatic heterocycles. The summed E-state index contributed by atoms with van der Waals surface area (Å²) in [4.78, 5) is 15.1. The quantitative estimate of drug-likeness (QED) is 0.509. The number of pyridine rings is 1. The van der Waals surface area contributed by atoms with Gasteiger partial charge in [0.1, 0.15) is 5.01 Å².